The number of hydrogen-bond acceptors (Lipinski definition) is 2. The van der Waals surface area contributed by atoms with Gasteiger partial charge >= 0.3 is 0 Å². The third kappa shape index (κ3) is 3.03. The second-order valence-electron chi connectivity index (χ2n) is 3.82. The molecule has 0 spiro atoms. The van der Waals surface area contributed by atoms with Gasteiger partial charge in [-0.2, -0.15) is 0 Å². The Kier molecular flexibility index (Phi) is 4.11. The molecule has 1 atom stereocenters. The van der Waals surface area contributed by atoms with Crippen LogP contribution in [-0.4, -0.2) is 0 Å². The highest BCUT2D eigenvalue weighted by atomic mass is 35.5. The monoisotopic (exact) mass is 269 g/mol. The lowest BCUT2D eigenvalue weighted by Crippen LogP contribution is -2.18. The topological polar surface area (TPSA) is 25.2 Å². The molecule has 17 heavy (non-hydrogen) atoms. The van der Waals surface area contributed by atoms with Crippen LogP contribution in [0.1, 0.15) is 24.3 Å². The van der Waals surface area contributed by atoms with Crippen LogP contribution >= 0.6 is 23.2 Å². The summed E-state index contributed by atoms with van der Waals surface area (Å²) in [7, 11) is 0. The van der Waals surface area contributed by atoms with Crippen molar-refractivity contribution in [2.24, 2.45) is 0 Å². The normalized spacial score (nSPS) is 12.6. The van der Waals surface area contributed by atoms with Crippen LogP contribution in [-0.2, 0) is 6.54 Å². The van der Waals surface area contributed by atoms with E-state index in [1.807, 2.05) is 37.3 Å². The predicted octanol–water partition coefficient (Wildman–Crippen LogP) is 4.44. The van der Waals surface area contributed by atoms with Crippen LogP contribution < -0.4 is 5.32 Å². The molecule has 0 aliphatic heterocycles. The fourth-order valence-corrected chi connectivity index (χ4v) is 2.13. The van der Waals surface area contributed by atoms with E-state index in [2.05, 4.69) is 5.32 Å². The number of hydrogen-bond donors (Lipinski definition) is 1. The molecule has 0 unspecified atom stereocenters. The second kappa shape index (κ2) is 5.58. The minimum atomic E-state index is 0.123. The van der Waals surface area contributed by atoms with Crippen molar-refractivity contribution in [2.75, 3.05) is 0 Å². The van der Waals surface area contributed by atoms with Crippen LogP contribution in [0.3, 0.4) is 0 Å². The minimum absolute atomic E-state index is 0.123. The molecule has 2 aromatic rings. The van der Waals surface area contributed by atoms with Crippen LogP contribution in [0.5, 0.6) is 0 Å². The Balaban J connectivity index is 2.03. The molecule has 0 aliphatic carbocycles. The number of benzene rings is 1. The molecular formula is C13H13Cl2NO. The Morgan fingerprint density at radius 1 is 1.18 bits per heavy atom. The molecule has 0 radical (unpaired) electrons. The highest BCUT2D eigenvalue weighted by molar-refractivity contribution is 6.35. The van der Waals surface area contributed by atoms with E-state index in [9.17, 15) is 0 Å². The van der Waals surface area contributed by atoms with Gasteiger partial charge in [-0.3, -0.25) is 0 Å². The van der Waals surface area contributed by atoms with Gasteiger partial charge in [0, 0.05) is 22.2 Å². The van der Waals surface area contributed by atoms with Gasteiger partial charge in [-0.1, -0.05) is 29.3 Å². The van der Waals surface area contributed by atoms with E-state index >= 15 is 0 Å². The molecule has 0 saturated heterocycles. The average molecular weight is 270 g/mol. The molecule has 0 bridgehead atoms. The van der Waals surface area contributed by atoms with E-state index in [0.717, 1.165) is 11.3 Å². The molecule has 4 heteroatoms. The molecule has 0 fully saturated rings. The fourth-order valence-electron chi connectivity index (χ4n) is 1.59. The summed E-state index contributed by atoms with van der Waals surface area (Å²) in [6.07, 6.45) is 1.66. The van der Waals surface area contributed by atoms with Gasteiger partial charge in [0.05, 0.1) is 12.3 Å². The third-order valence-electron chi connectivity index (χ3n) is 2.62. The van der Waals surface area contributed by atoms with Crippen molar-refractivity contribution in [2.45, 2.75) is 19.5 Å². The van der Waals surface area contributed by atoms with E-state index in [1.54, 1.807) is 6.26 Å². The summed E-state index contributed by atoms with van der Waals surface area (Å²) >= 11 is 12.2. The van der Waals surface area contributed by atoms with Gasteiger partial charge < -0.3 is 9.73 Å². The summed E-state index contributed by atoms with van der Waals surface area (Å²) in [5.41, 5.74) is 0.911. The maximum Gasteiger partial charge on any atom is 0.120 e. The van der Waals surface area contributed by atoms with Gasteiger partial charge in [0.2, 0.25) is 0 Å². The van der Waals surface area contributed by atoms with Crippen LogP contribution in [0.15, 0.2) is 41.0 Å². The Morgan fingerprint density at radius 2 is 1.88 bits per heavy atom. The highest BCUT2D eigenvalue weighted by Crippen LogP contribution is 2.25. The van der Waals surface area contributed by atoms with E-state index < -0.39 is 0 Å². The van der Waals surface area contributed by atoms with E-state index in [1.165, 1.54) is 0 Å². The summed E-state index contributed by atoms with van der Waals surface area (Å²) in [6.45, 7) is 2.64. The lowest BCUT2D eigenvalue weighted by Gasteiger charge is -2.13. The van der Waals surface area contributed by atoms with E-state index in [4.69, 9.17) is 27.6 Å². The molecular weight excluding hydrogens is 257 g/mol. The average Bonchev–Trinajstić information content (AvgIpc) is 2.81. The quantitative estimate of drug-likeness (QED) is 0.888. The van der Waals surface area contributed by atoms with Crippen molar-refractivity contribution in [3.8, 4) is 0 Å². The summed E-state index contributed by atoms with van der Waals surface area (Å²) in [5.74, 6) is 0.896. The SMILES string of the molecule is C[C@H](NCc1c(Cl)cccc1Cl)c1ccco1. The van der Waals surface area contributed by atoms with E-state index in [0.29, 0.717) is 16.6 Å². The first kappa shape index (κ1) is 12.5. The van der Waals surface area contributed by atoms with Crippen molar-refractivity contribution in [1.29, 1.82) is 0 Å². The van der Waals surface area contributed by atoms with Gasteiger partial charge in [-0.15, -0.1) is 0 Å². The zero-order valence-corrected chi connectivity index (χ0v) is 10.9. The minimum Gasteiger partial charge on any atom is -0.468 e. The summed E-state index contributed by atoms with van der Waals surface area (Å²) in [4.78, 5) is 0. The Labute approximate surface area is 111 Å². The molecule has 2 nitrogen and oxygen atoms in total. The molecule has 1 heterocycles. The van der Waals surface area contributed by atoms with Gasteiger partial charge in [0.1, 0.15) is 5.76 Å². The zero-order valence-electron chi connectivity index (χ0n) is 9.41. The second-order valence-corrected chi connectivity index (χ2v) is 4.63. The highest BCUT2D eigenvalue weighted by Gasteiger charge is 2.10. The molecule has 90 valence electrons. The van der Waals surface area contributed by atoms with Crippen molar-refractivity contribution < 1.29 is 4.42 Å². The number of nitrogens with one attached hydrogen (secondary N) is 1. The molecule has 2 rings (SSSR count). The van der Waals surface area contributed by atoms with Crippen LogP contribution in [0.4, 0.5) is 0 Å². The first-order valence-corrected chi connectivity index (χ1v) is 6.13. The molecule has 0 amide bonds. The predicted molar refractivity (Wildman–Crippen MR) is 70.4 cm³/mol. The molecule has 1 aromatic carbocycles. The largest absolute Gasteiger partial charge is 0.468 e. The van der Waals surface area contributed by atoms with E-state index in [-0.39, 0.29) is 6.04 Å². The van der Waals surface area contributed by atoms with Crippen LogP contribution in [0.2, 0.25) is 10.0 Å². The van der Waals surface area contributed by atoms with Crippen LogP contribution in [0.25, 0.3) is 0 Å². The van der Waals surface area contributed by atoms with Gasteiger partial charge in [-0.05, 0) is 31.2 Å². The van der Waals surface area contributed by atoms with Crippen molar-refractivity contribution in [3.05, 3.63) is 58.0 Å². The van der Waals surface area contributed by atoms with Crippen LogP contribution in [0, 0.1) is 0 Å². The summed E-state index contributed by atoms with van der Waals surface area (Å²) in [5, 5.41) is 4.68. The maximum absolute atomic E-state index is 6.09. The van der Waals surface area contributed by atoms with Crippen molar-refractivity contribution in [1.82, 2.24) is 5.32 Å². The van der Waals surface area contributed by atoms with Gasteiger partial charge in [0.15, 0.2) is 0 Å². The van der Waals surface area contributed by atoms with Crippen molar-refractivity contribution >= 4 is 23.2 Å². The van der Waals surface area contributed by atoms with Gasteiger partial charge in [0.25, 0.3) is 0 Å². The smallest absolute Gasteiger partial charge is 0.120 e. The Morgan fingerprint density at radius 3 is 2.47 bits per heavy atom. The lowest BCUT2D eigenvalue weighted by atomic mass is 10.2. The summed E-state index contributed by atoms with van der Waals surface area (Å²) in [6, 6.07) is 9.44. The first-order valence-electron chi connectivity index (χ1n) is 5.38. The molecule has 1 aromatic heterocycles. The number of halogens is 2. The standard InChI is InChI=1S/C13H13Cl2NO/c1-9(13-6-3-7-17-13)16-8-10-11(14)4-2-5-12(10)15/h2-7,9,16H,8H2,1H3/t9-/m0/s1. The number of rotatable bonds is 4. The first-order chi connectivity index (χ1) is 8.18. The molecule has 0 saturated carbocycles. The van der Waals surface area contributed by atoms with Gasteiger partial charge in [-0.25, -0.2) is 0 Å². The Bertz CT molecular complexity index is 462. The molecule has 0 aliphatic rings. The Hall–Kier alpha value is -0.960. The third-order valence-corrected chi connectivity index (χ3v) is 3.32. The number of furan rings is 1. The summed E-state index contributed by atoms with van der Waals surface area (Å²) < 4.78 is 5.32. The maximum atomic E-state index is 6.09. The zero-order chi connectivity index (χ0) is 12.3. The van der Waals surface area contributed by atoms with Crippen molar-refractivity contribution in [3.63, 3.8) is 0 Å². The molecule has 1 N–H and O–H groups in total. The lowest BCUT2D eigenvalue weighted by molar-refractivity contribution is 0.430. The fraction of sp³-hybridized carbons (Fsp3) is 0.231.